The molecular formula is C14H26ClF3N2. The van der Waals surface area contributed by atoms with E-state index in [0.717, 1.165) is 32.5 Å². The summed E-state index contributed by atoms with van der Waals surface area (Å²) < 4.78 is 39.0. The summed E-state index contributed by atoms with van der Waals surface area (Å²) in [5.41, 5.74) is -0.663. The monoisotopic (exact) mass is 314 g/mol. The molecule has 0 aromatic carbocycles. The summed E-state index contributed by atoms with van der Waals surface area (Å²) >= 11 is 0. The highest BCUT2D eigenvalue weighted by Crippen LogP contribution is 2.45. The summed E-state index contributed by atoms with van der Waals surface area (Å²) in [6.45, 7) is 7.76. The van der Waals surface area contributed by atoms with E-state index in [9.17, 15) is 13.2 Å². The van der Waals surface area contributed by atoms with Crippen molar-refractivity contribution in [2.45, 2.75) is 39.3 Å². The van der Waals surface area contributed by atoms with Crippen LogP contribution in [0.2, 0.25) is 0 Å². The summed E-state index contributed by atoms with van der Waals surface area (Å²) in [4.78, 5) is 2.25. The van der Waals surface area contributed by atoms with Gasteiger partial charge in [0, 0.05) is 13.1 Å². The molecule has 0 bridgehead atoms. The van der Waals surface area contributed by atoms with Gasteiger partial charge in [0.25, 0.3) is 0 Å². The third-order valence-electron chi connectivity index (χ3n) is 4.68. The van der Waals surface area contributed by atoms with E-state index in [0.29, 0.717) is 19.0 Å². The lowest BCUT2D eigenvalue weighted by atomic mass is 9.73. The number of hydrogen-bond donors (Lipinski definition) is 1. The first-order chi connectivity index (χ1) is 8.79. The van der Waals surface area contributed by atoms with E-state index >= 15 is 0 Å². The molecule has 2 aliphatic heterocycles. The van der Waals surface area contributed by atoms with E-state index in [2.05, 4.69) is 10.2 Å². The Morgan fingerprint density at radius 1 is 1.15 bits per heavy atom. The average Bonchev–Trinajstić information content (AvgIpc) is 2.27. The van der Waals surface area contributed by atoms with Gasteiger partial charge in [0.05, 0.1) is 5.92 Å². The lowest BCUT2D eigenvalue weighted by Gasteiger charge is -2.46. The Labute approximate surface area is 125 Å². The van der Waals surface area contributed by atoms with Crippen LogP contribution < -0.4 is 5.32 Å². The van der Waals surface area contributed by atoms with E-state index in [-0.39, 0.29) is 18.8 Å². The minimum absolute atomic E-state index is 0. The smallest absolute Gasteiger partial charge is 0.317 e. The first kappa shape index (κ1) is 18.1. The summed E-state index contributed by atoms with van der Waals surface area (Å²) in [5.74, 6) is -0.497. The van der Waals surface area contributed by atoms with Crippen LogP contribution in [0.25, 0.3) is 0 Å². The standard InChI is InChI=1S/C14H25F3N2.ClH/c1-13(2)10-19(8-5-12(13)14(15,16)17)9-11-3-6-18-7-4-11;/h11-12,18H,3-10H2,1-2H3;1H. The fraction of sp³-hybridized carbons (Fsp3) is 1.00. The van der Waals surface area contributed by atoms with Crippen molar-refractivity contribution in [2.75, 3.05) is 32.7 Å². The highest BCUT2D eigenvalue weighted by Gasteiger charge is 2.51. The predicted octanol–water partition coefficient (Wildman–Crippen LogP) is 3.32. The Bertz CT molecular complexity index is 301. The fourth-order valence-electron chi connectivity index (χ4n) is 3.66. The second-order valence-electron chi connectivity index (χ2n) is 6.80. The van der Waals surface area contributed by atoms with E-state index in [1.54, 1.807) is 13.8 Å². The maximum absolute atomic E-state index is 13.0. The van der Waals surface area contributed by atoms with Crippen molar-refractivity contribution in [1.29, 1.82) is 0 Å². The molecule has 0 amide bonds. The molecule has 0 aromatic rings. The first-order valence-electron chi connectivity index (χ1n) is 7.29. The van der Waals surface area contributed by atoms with Gasteiger partial charge in [0.1, 0.15) is 0 Å². The van der Waals surface area contributed by atoms with Crippen molar-refractivity contribution >= 4 is 12.4 Å². The number of nitrogens with one attached hydrogen (secondary N) is 1. The lowest BCUT2D eigenvalue weighted by Crippen LogP contribution is -2.52. The summed E-state index contributed by atoms with van der Waals surface area (Å²) in [6, 6.07) is 0. The van der Waals surface area contributed by atoms with E-state index in [1.165, 1.54) is 0 Å². The predicted molar refractivity (Wildman–Crippen MR) is 77.2 cm³/mol. The first-order valence-corrected chi connectivity index (χ1v) is 7.29. The molecule has 2 nitrogen and oxygen atoms in total. The second-order valence-corrected chi connectivity index (χ2v) is 6.80. The molecule has 2 rings (SSSR count). The van der Waals surface area contributed by atoms with E-state index in [1.807, 2.05) is 0 Å². The number of hydrogen-bond acceptors (Lipinski definition) is 2. The molecule has 1 unspecified atom stereocenters. The Hall–Kier alpha value is -0.0000000000000000555. The van der Waals surface area contributed by atoms with Crippen molar-refractivity contribution in [3.05, 3.63) is 0 Å². The molecule has 120 valence electrons. The number of halogens is 4. The van der Waals surface area contributed by atoms with Gasteiger partial charge in [-0.25, -0.2) is 0 Å². The van der Waals surface area contributed by atoms with Gasteiger partial charge in [-0.3, -0.25) is 0 Å². The molecule has 2 heterocycles. The molecule has 0 aromatic heterocycles. The molecule has 0 saturated carbocycles. The zero-order valence-corrected chi connectivity index (χ0v) is 13.1. The van der Waals surface area contributed by atoms with Gasteiger partial charge in [-0.2, -0.15) is 13.2 Å². The highest BCUT2D eigenvalue weighted by atomic mass is 35.5. The quantitative estimate of drug-likeness (QED) is 0.841. The minimum atomic E-state index is -4.05. The summed E-state index contributed by atoms with van der Waals surface area (Å²) in [7, 11) is 0. The molecule has 1 atom stereocenters. The Morgan fingerprint density at radius 2 is 1.75 bits per heavy atom. The van der Waals surface area contributed by atoms with Gasteiger partial charge in [0.2, 0.25) is 0 Å². The number of likely N-dealkylation sites (tertiary alicyclic amines) is 1. The van der Waals surface area contributed by atoms with Crippen LogP contribution in [-0.2, 0) is 0 Å². The molecule has 20 heavy (non-hydrogen) atoms. The zero-order valence-electron chi connectivity index (χ0n) is 12.3. The number of alkyl halides is 3. The van der Waals surface area contributed by atoms with Crippen molar-refractivity contribution in [3.63, 3.8) is 0 Å². The van der Waals surface area contributed by atoms with Crippen molar-refractivity contribution in [2.24, 2.45) is 17.3 Å². The highest BCUT2D eigenvalue weighted by molar-refractivity contribution is 5.85. The number of rotatable bonds is 2. The van der Waals surface area contributed by atoms with Crippen LogP contribution >= 0.6 is 12.4 Å². The zero-order chi connectivity index (χ0) is 14.1. The van der Waals surface area contributed by atoms with Gasteiger partial charge in [0.15, 0.2) is 0 Å². The molecule has 2 saturated heterocycles. The second kappa shape index (κ2) is 6.84. The van der Waals surface area contributed by atoms with Crippen LogP contribution in [0.5, 0.6) is 0 Å². The molecule has 1 N–H and O–H groups in total. The Kier molecular flexibility index (Phi) is 6.17. The van der Waals surface area contributed by atoms with Gasteiger partial charge >= 0.3 is 6.18 Å². The topological polar surface area (TPSA) is 15.3 Å². The summed E-state index contributed by atoms with van der Waals surface area (Å²) in [6.07, 6.45) is -1.49. The molecule has 6 heteroatoms. The largest absolute Gasteiger partial charge is 0.392 e. The van der Waals surface area contributed by atoms with Crippen LogP contribution in [0.15, 0.2) is 0 Å². The maximum Gasteiger partial charge on any atom is 0.392 e. The molecule has 2 fully saturated rings. The van der Waals surface area contributed by atoms with Crippen LogP contribution in [0.4, 0.5) is 13.2 Å². The minimum Gasteiger partial charge on any atom is -0.317 e. The number of piperidine rings is 2. The van der Waals surface area contributed by atoms with Crippen LogP contribution in [0, 0.1) is 17.3 Å². The molecule has 0 radical (unpaired) electrons. The molecular weight excluding hydrogens is 289 g/mol. The van der Waals surface area contributed by atoms with Gasteiger partial charge in [-0.1, -0.05) is 13.8 Å². The lowest BCUT2D eigenvalue weighted by molar-refractivity contribution is -0.217. The van der Waals surface area contributed by atoms with Crippen molar-refractivity contribution in [1.82, 2.24) is 10.2 Å². The third kappa shape index (κ3) is 4.50. The Morgan fingerprint density at radius 3 is 2.25 bits per heavy atom. The molecule has 0 aliphatic carbocycles. The molecule has 2 aliphatic rings. The van der Waals surface area contributed by atoms with Gasteiger partial charge < -0.3 is 10.2 Å². The number of nitrogens with zero attached hydrogens (tertiary/aromatic N) is 1. The fourth-order valence-corrected chi connectivity index (χ4v) is 3.66. The van der Waals surface area contributed by atoms with E-state index in [4.69, 9.17) is 0 Å². The summed E-state index contributed by atoms with van der Waals surface area (Å²) in [5, 5.41) is 3.33. The van der Waals surface area contributed by atoms with Crippen LogP contribution in [0.3, 0.4) is 0 Å². The van der Waals surface area contributed by atoms with Crippen molar-refractivity contribution < 1.29 is 13.2 Å². The molecule has 0 spiro atoms. The van der Waals surface area contributed by atoms with Crippen LogP contribution in [-0.4, -0.2) is 43.8 Å². The van der Waals surface area contributed by atoms with Crippen molar-refractivity contribution in [3.8, 4) is 0 Å². The Balaban J connectivity index is 0.00000200. The normalized spacial score (nSPS) is 28.9. The average molecular weight is 315 g/mol. The third-order valence-corrected chi connectivity index (χ3v) is 4.68. The maximum atomic E-state index is 13.0. The van der Waals surface area contributed by atoms with Gasteiger partial charge in [-0.15, -0.1) is 12.4 Å². The van der Waals surface area contributed by atoms with Gasteiger partial charge in [-0.05, 0) is 50.2 Å². The van der Waals surface area contributed by atoms with E-state index < -0.39 is 17.5 Å². The van der Waals surface area contributed by atoms with Crippen LogP contribution in [0.1, 0.15) is 33.1 Å². The SMILES string of the molecule is CC1(C)CN(CC2CCNCC2)CCC1C(F)(F)F.Cl.